The fraction of sp³-hybridized carbons (Fsp3) is 1.00. The Labute approximate surface area is 64.8 Å². The fourth-order valence-corrected chi connectivity index (χ4v) is 4.02. The molecule has 0 saturated heterocycles. The molecule has 0 aromatic rings. The van der Waals surface area contributed by atoms with E-state index in [0.29, 0.717) is 0 Å². The van der Waals surface area contributed by atoms with Gasteiger partial charge in [-0.15, -0.1) is 0 Å². The molecule has 10 heavy (non-hydrogen) atoms. The van der Waals surface area contributed by atoms with E-state index < -0.39 is 6.83 Å². The maximum atomic E-state index is 10.3. The van der Waals surface area contributed by atoms with Crippen LogP contribution in [0.25, 0.3) is 0 Å². The summed E-state index contributed by atoms with van der Waals surface area (Å²) >= 11 is 0. The Morgan fingerprint density at radius 1 is 0.800 bits per heavy atom. The van der Waals surface area contributed by atoms with Crippen molar-refractivity contribution in [2.75, 3.05) is 24.6 Å². The maximum absolute atomic E-state index is 10.3. The molecule has 0 spiro atoms. The Balaban J connectivity index is 4.42. The normalized spacial score (nSPS) is 16.3. The Bertz CT molecular complexity index is 84.3. The summed E-state index contributed by atoms with van der Waals surface area (Å²) in [6.07, 6.45) is 3.98. The van der Waals surface area contributed by atoms with E-state index >= 15 is 0 Å². The second kappa shape index (κ2) is 3.19. The fourth-order valence-electron chi connectivity index (χ4n) is 1.34. The van der Waals surface area contributed by atoms with Gasteiger partial charge in [-0.05, 0) is 0 Å². The predicted octanol–water partition coefficient (Wildman–Crippen LogP) is 2.53. The first kappa shape index (κ1) is 10.4. The van der Waals surface area contributed by atoms with Crippen molar-refractivity contribution in [2.24, 2.45) is 0 Å². The third kappa shape index (κ3) is 1.71. The Kier molecular flexibility index (Phi) is 3.32. The van der Waals surface area contributed by atoms with Crippen LogP contribution in [0.5, 0.6) is 0 Å². The van der Waals surface area contributed by atoms with Gasteiger partial charge in [-0.2, -0.15) is 0 Å². The first-order valence-corrected chi connectivity index (χ1v) is 7.22. The zero-order chi connectivity index (χ0) is 8.28. The van der Waals surface area contributed by atoms with Crippen LogP contribution in [0.2, 0.25) is 0 Å². The average Bonchev–Trinajstić information content (AvgIpc) is 2.04. The van der Waals surface area contributed by atoms with Crippen molar-refractivity contribution in [1.82, 2.24) is 0 Å². The van der Waals surface area contributed by atoms with Crippen LogP contribution in [0.15, 0.2) is 0 Å². The monoisotopic (exact) mass is 164 g/mol. The van der Waals surface area contributed by atoms with Crippen LogP contribution < -0.4 is 0 Å². The molecule has 0 aromatic heterocycles. The van der Waals surface area contributed by atoms with Crippen molar-refractivity contribution < 1.29 is 4.89 Å². The van der Waals surface area contributed by atoms with Crippen molar-refractivity contribution in [3.8, 4) is 0 Å². The van der Waals surface area contributed by atoms with Crippen LogP contribution >= 0.6 is 6.83 Å². The molecule has 1 nitrogen and oxygen atoms in total. The van der Waals surface area contributed by atoms with Gasteiger partial charge >= 0.3 is 64.1 Å². The predicted molar refractivity (Wildman–Crippen MR) is 51.3 cm³/mol. The quantitative estimate of drug-likeness (QED) is 0.633. The molecule has 1 N–H and O–H groups in total. The average molecular weight is 164 g/mol. The molecular formula is C8H21OP. The SMILES string of the molecule is CCP(O)(CC)(CC)CC. The first-order valence-electron chi connectivity index (χ1n) is 4.29. The Hall–Kier alpha value is 0.390. The van der Waals surface area contributed by atoms with E-state index in [4.69, 9.17) is 0 Å². The number of hydrogen-bond donors (Lipinski definition) is 1. The molecule has 0 aliphatic heterocycles. The molecular weight excluding hydrogens is 143 g/mol. The van der Waals surface area contributed by atoms with Crippen LogP contribution in [0, 0.1) is 0 Å². The molecule has 0 radical (unpaired) electrons. The molecule has 0 atom stereocenters. The minimum absolute atomic E-state index is 0.995. The van der Waals surface area contributed by atoms with Crippen molar-refractivity contribution in [1.29, 1.82) is 0 Å². The van der Waals surface area contributed by atoms with Crippen LogP contribution in [-0.4, -0.2) is 29.5 Å². The molecule has 0 bridgehead atoms. The Morgan fingerprint density at radius 3 is 1.00 bits per heavy atom. The van der Waals surface area contributed by atoms with Gasteiger partial charge in [-0.1, -0.05) is 0 Å². The van der Waals surface area contributed by atoms with Crippen molar-refractivity contribution in [3.63, 3.8) is 0 Å². The van der Waals surface area contributed by atoms with Gasteiger partial charge in [-0.25, -0.2) is 0 Å². The van der Waals surface area contributed by atoms with Crippen LogP contribution in [0.3, 0.4) is 0 Å². The first-order chi connectivity index (χ1) is 4.54. The van der Waals surface area contributed by atoms with Crippen LogP contribution in [0.4, 0.5) is 0 Å². The van der Waals surface area contributed by atoms with E-state index in [-0.39, 0.29) is 0 Å². The van der Waals surface area contributed by atoms with E-state index in [0.717, 1.165) is 24.6 Å². The topological polar surface area (TPSA) is 20.2 Å². The van der Waals surface area contributed by atoms with E-state index in [1.807, 2.05) is 0 Å². The Morgan fingerprint density at radius 2 is 1.00 bits per heavy atom. The summed E-state index contributed by atoms with van der Waals surface area (Å²) in [6, 6.07) is 0. The molecule has 0 fully saturated rings. The van der Waals surface area contributed by atoms with Crippen molar-refractivity contribution >= 4 is 6.83 Å². The van der Waals surface area contributed by atoms with Gasteiger partial charge in [0.2, 0.25) is 0 Å². The number of rotatable bonds is 4. The molecule has 0 aliphatic carbocycles. The summed E-state index contributed by atoms with van der Waals surface area (Å²) in [5, 5.41) is 0. The molecule has 0 amide bonds. The second-order valence-corrected chi connectivity index (χ2v) is 9.52. The van der Waals surface area contributed by atoms with Crippen LogP contribution in [0.1, 0.15) is 27.7 Å². The molecule has 0 aromatic carbocycles. The van der Waals surface area contributed by atoms with Gasteiger partial charge in [0.15, 0.2) is 0 Å². The van der Waals surface area contributed by atoms with Gasteiger partial charge in [-0.3, -0.25) is 0 Å². The van der Waals surface area contributed by atoms with E-state index in [1.54, 1.807) is 0 Å². The molecule has 0 aliphatic rings. The van der Waals surface area contributed by atoms with E-state index in [2.05, 4.69) is 27.7 Å². The third-order valence-corrected chi connectivity index (χ3v) is 9.75. The summed E-state index contributed by atoms with van der Waals surface area (Å²) in [7, 11) is 0. The summed E-state index contributed by atoms with van der Waals surface area (Å²) in [6.45, 7) is 6.32. The second-order valence-electron chi connectivity index (χ2n) is 3.17. The molecule has 64 valence electrons. The molecule has 0 saturated carbocycles. The van der Waals surface area contributed by atoms with E-state index in [1.165, 1.54) is 0 Å². The molecule has 0 heterocycles. The van der Waals surface area contributed by atoms with Crippen LogP contribution in [-0.2, 0) is 0 Å². The molecule has 0 rings (SSSR count). The number of hydrogen-bond acceptors (Lipinski definition) is 1. The summed E-state index contributed by atoms with van der Waals surface area (Å²) in [5.41, 5.74) is 0. The summed E-state index contributed by atoms with van der Waals surface area (Å²) in [5.74, 6) is 0. The summed E-state index contributed by atoms with van der Waals surface area (Å²) < 4.78 is 0. The van der Waals surface area contributed by atoms with Crippen molar-refractivity contribution in [3.05, 3.63) is 0 Å². The molecule has 2 heteroatoms. The standard InChI is InChI=1S/C8H21OP/c1-5-10(9,6-2,7-3)8-4/h9H,5-8H2,1-4H3. The van der Waals surface area contributed by atoms with Gasteiger partial charge in [0, 0.05) is 0 Å². The van der Waals surface area contributed by atoms with Gasteiger partial charge < -0.3 is 0 Å². The zero-order valence-electron chi connectivity index (χ0n) is 7.72. The van der Waals surface area contributed by atoms with Crippen molar-refractivity contribution in [2.45, 2.75) is 27.7 Å². The van der Waals surface area contributed by atoms with Gasteiger partial charge in [0.05, 0.1) is 0 Å². The third-order valence-electron chi connectivity index (χ3n) is 3.25. The zero-order valence-corrected chi connectivity index (χ0v) is 8.62. The van der Waals surface area contributed by atoms with Gasteiger partial charge in [0.25, 0.3) is 0 Å². The minimum atomic E-state index is -2.15. The summed E-state index contributed by atoms with van der Waals surface area (Å²) in [4.78, 5) is 10.3. The molecule has 0 unspecified atom stereocenters. The van der Waals surface area contributed by atoms with Gasteiger partial charge in [0.1, 0.15) is 0 Å². The van der Waals surface area contributed by atoms with E-state index in [9.17, 15) is 4.89 Å².